The van der Waals surface area contributed by atoms with Crippen molar-refractivity contribution < 1.29 is 4.92 Å². The van der Waals surface area contributed by atoms with Gasteiger partial charge in [-0.05, 0) is 24.1 Å². The average molecular weight is 257 g/mol. The highest BCUT2D eigenvalue weighted by Gasteiger charge is 2.09. The van der Waals surface area contributed by atoms with E-state index in [9.17, 15) is 10.1 Å². The molecule has 0 saturated carbocycles. The number of halogens is 1. The summed E-state index contributed by atoms with van der Waals surface area (Å²) in [5.41, 5.74) is 0.918. The molecule has 94 valence electrons. The molecule has 0 fully saturated rings. The highest BCUT2D eigenvalue weighted by Crippen LogP contribution is 2.22. The van der Waals surface area contributed by atoms with Crippen LogP contribution in [0.4, 0.5) is 5.69 Å². The third-order valence-electron chi connectivity index (χ3n) is 2.75. The van der Waals surface area contributed by atoms with E-state index in [0.717, 1.165) is 18.5 Å². The van der Waals surface area contributed by atoms with Gasteiger partial charge in [0.05, 0.1) is 9.95 Å². The molecule has 1 rings (SSSR count). The van der Waals surface area contributed by atoms with Crippen molar-refractivity contribution in [2.45, 2.75) is 26.8 Å². The number of hydrogen-bond donors (Lipinski definition) is 1. The number of benzene rings is 1. The number of nitrogens with zero attached hydrogens (tertiary/aromatic N) is 1. The van der Waals surface area contributed by atoms with Gasteiger partial charge in [0.1, 0.15) is 0 Å². The molecule has 0 bridgehead atoms. The Morgan fingerprint density at radius 2 is 2.24 bits per heavy atom. The van der Waals surface area contributed by atoms with Gasteiger partial charge in [0.15, 0.2) is 0 Å². The predicted octanol–water partition coefficient (Wildman–Crippen LogP) is 3.38. The average Bonchev–Trinajstić information content (AvgIpc) is 2.30. The van der Waals surface area contributed by atoms with E-state index >= 15 is 0 Å². The van der Waals surface area contributed by atoms with Gasteiger partial charge in [0.2, 0.25) is 0 Å². The van der Waals surface area contributed by atoms with Crippen molar-refractivity contribution in [3.05, 3.63) is 38.9 Å². The summed E-state index contributed by atoms with van der Waals surface area (Å²) in [6, 6.07) is 4.57. The van der Waals surface area contributed by atoms with Crippen LogP contribution in [0.25, 0.3) is 0 Å². The van der Waals surface area contributed by atoms with Crippen LogP contribution in [-0.2, 0) is 6.54 Å². The summed E-state index contributed by atoms with van der Waals surface area (Å²) >= 11 is 5.98. The van der Waals surface area contributed by atoms with Gasteiger partial charge < -0.3 is 5.32 Å². The first-order valence-corrected chi connectivity index (χ1v) is 6.06. The van der Waals surface area contributed by atoms with Crippen LogP contribution in [0.2, 0.25) is 5.02 Å². The topological polar surface area (TPSA) is 55.2 Å². The molecule has 1 atom stereocenters. The van der Waals surface area contributed by atoms with Gasteiger partial charge in [0.25, 0.3) is 5.69 Å². The second kappa shape index (κ2) is 6.57. The maximum atomic E-state index is 10.5. The first kappa shape index (κ1) is 13.9. The fourth-order valence-corrected chi connectivity index (χ4v) is 1.63. The molecule has 1 aromatic rings. The van der Waals surface area contributed by atoms with Gasteiger partial charge in [-0.1, -0.05) is 31.9 Å². The fourth-order valence-electron chi connectivity index (χ4n) is 1.39. The van der Waals surface area contributed by atoms with E-state index in [2.05, 4.69) is 19.2 Å². The molecule has 1 unspecified atom stereocenters. The van der Waals surface area contributed by atoms with Crippen LogP contribution in [0.3, 0.4) is 0 Å². The van der Waals surface area contributed by atoms with Crippen LogP contribution >= 0.6 is 11.6 Å². The molecule has 0 aromatic heterocycles. The van der Waals surface area contributed by atoms with Crippen molar-refractivity contribution >= 4 is 17.3 Å². The lowest BCUT2D eigenvalue weighted by atomic mass is 10.1. The maximum absolute atomic E-state index is 10.5. The standard InChI is InChI=1S/C12H17ClN2O2/c1-3-9(2)7-14-8-10-4-5-11(15(16)17)6-12(10)13/h4-6,9,14H,3,7-8H2,1-2H3. The van der Waals surface area contributed by atoms with Crippen LogP contribution < -0.4 is 5.32 Å². The Labute approximate surface area is 106 Å². The molecular weight excluding hydrogens is 240 g/mol. The molecule has 0 radical (unpaired) electrons. The van der Waals surface area contributed by atoms with Crippen molar-refractivity contribution in [2.75, 3.05) is 6.54 Å². The number of hydrogen-bond acceptors (Lipinski definition) is 3. The molecular formula is C12H17ClN2O2. The first-order valence-electron chi connectivity index (χ1n) is 5.68. The van der Waals surface area contributed by atoms with Crippen molar-refractivity contribution in [1.29, 1.82) is 0 Å². The van der Waals surface area contributed by atoms with E-state index in [1.54, 1.807) is 6.07 Å². The van der Waals surface area contributed by atoms with Crippen LogP contribution in [0.15, 0.2) is 18.2 Å². The van der Waals surface area contributed by atoms with Crippen LogP contribution in [0, 0.1) is 16.0 Å². The van der Waals surface area contributed by atoms with Gasteiger partial charge in [-0.2, -0.15) is 0 Å². The zero-order valence-electron chi connectivity index (χ0n) is 10.1. The minimum Gasteiger partial charge on any atom is -0.312 e. The normalized spacial score (nSPS) is 12.4. The molecule has 0 saturated heterocycles. The third-order valence-corrected chi connectivity index (χ3v) is 3.10. The highest BCUT2D eigenvalue weighted by molar-refractivity contribution is 6.31. The van der Waals surface area contributed by atoms with Gasteiger partial charge >= 0.3 is 0 Å². The summed E-state index contributed by atoms with van der Waals surface area (Å²) in [4.78, 5) is 10.1. The number of non-ortho nitro benzene ring substituents is 1. The Bertz CT molecular complexity index is 396. The summed E-state index contributed by atoms with van der Waals surface area (Å²) in [6.45, 7) is 5.88. The Kier molecular flexibility index (Phi) is 5.38. The number of nitrogens with one attached hydrogen (secondary N) is 1. The molecule has 5 heteroatoms. The first-order chi connectivity index (χ1) is 8.04. The van der Waals surface area contributed by atoms with E-state index in [-0.39, 0.29) is 5.69 Å². The quantitative estimate of drug-likeness (QED) is 0.627. The Balaban J connectivity index is 2.57. The zero-order chi connectivity index (χ0) is 12.8. The Hall–Kier alpha value is -1.13. The molecule has 0 amide bonds. The molecule has 1 aromatic carbocycles. The van der Waals surface area contributed by atoms with E-state index in [4.69, 9.17) is 11.6 Å². The number of rotatable bonds is 6. The lowest BCUT2D eigenvalue weighted by molar-refractivity contribution is -0.384. The molecule has 0 aliphatic rings. The molecule has 0 aliphatic carbocycles. The molecule has 0 spiro atoms. The van der Waals surface area contributed by atoms with Gasteiger partial charge in [-0.25, -0.2) is 0 Å². The summed E-state index contributed by atoms with van der Waals surface area (Å²) in [5, 5.41) is 14.3. The minimum absolute atomic E-state index is 0.0284. The van der Waals surface area contributed by atoms with E-state index in [1.807, 2.05) is 0 Å². The molecule has 17 heavy (non-hydrogen) atoms. The van der Waals surface area contributed by atoms with Crippen molar-refractivity contribution in [2.24, 2.45) is 5.92 Å². The van der Waals surface area contributed by atoms with E-state index in [1.165, 1.54) is 12.1 Å². The van der Waals surface area contributed by atoms with Gasteiger partial charge in [0, 0.05) is 18.7 Å². The summed E-state index contributed by atoms with van der Waals surface area (Å²) < 4.78 is 0. The van der Waals surface area contributed by atoms with Crippen LogP contribution in [0.5, 0.6) is 0 Å². The third kappa shape index (κ3) is 4.32. The Morgan fingerprint density at radius 1 is 1.53 bits per heavy atom. The predicted molar refractivity (Wildman–Crippen MR) is 69.3 cm³/mol. The fraction of sp³-hybridized carbons (Fsp3) is 0.500. The summed E-state index contributed by atoms with van der Waals surface area (Å²) in [6.07, 6.45) is 1.13. The minimum atomic E-state index is -0.442. The highest BCUT2D eigenvalue weighted by atomic mass is 35.5. The molecule has 0 aliphatic heterocycles. The van der Waals surface area contributed by atoms with E-state index < -0.39 is 4.92 Å². The Morgan fingerprint density at radius 3 is 2.76 bits per heavy atom. The van der Waals surface area contributed by atoms with Crippen molar-refractivity contribution in [3.63, 3.8) is 0 Å². The lowest BCUT2D eigenvalue weighted by Crippen LogP contribution is -2.20. The van der Waals surface area contributed by atoms with Crippen molar-refractivity contribution in [1.82, 2.24) is 5.32 Å². The number of nitro benzene ring substituents is 1. The van der Waals surface area contributed by atoms with Crippen LogP contribution in [-0.4, -0.2) is 11.5 Å². The van der Waals surface area contributed by atoms with Gasteiger partial charge in [-0.15, -0.1) is 0 Å². The number of nitro groups is 1. The second-order valence-corrected chi connectivity index (χ2v) is 4.58. The van der Waals surface area contributed by atoms with Crippen molar-refractivity contribution in [3.8, 4) is 0 Å². The molecule has 0 heterocycles. The van der Waals surface area contributed by atoms with Crippen LogP contribution in [0.1, 0.15) is 25.8 Å². The van der Waals surface area contributed by atoms with Gasteiger partial charge in [-0.3, -0.25) is 10.1 Å². The smallest absolute Gasteiger partial charge is 0.270 e. The largest absolute Gasteiger partial charge is 0.312 e. The second-order valence-electron chi connectivity index (χ2n) is 4.18. The zero-order valence-corrected chi connectivity index (χ0v) is 10.8. The van der Waals surface area contributed by atoms with E-state index in [0.29, 0.717) is 17.5 Å². The monoisotopic (exact) mass is 256 g/mol. The summed E-state index contributed by atoms with van der Waals surface area (Å²) in [5.74, 6) is 0.617. The lowest BCUT2D eigenvalue weighted by Gasteiger charge is -2.10. The molecule has 1 N–H and O–H groups in total. The maximum Gasteiger partial charge on any atom is 0.270 e. The SMILES string of the molecule is CCC(C)CNCc1ccc([N+](=O)[O-])cc1Cl. The molecule has 4 nitrogen and oxygen atoms in total. The summed E-state index contributed by atoms with van der Waals surface area (Å²) in [7, 11) is 0.